The fourth-order valence-corrected chi connectivity index (χ4v) is 2.65. The lowest BCUT2D eigenvalue weighted by molar-refractivity contribution is 0.0322. The average Bonchev–Trinajstić information content (AvgIpc) is 3.03. The summed E-state index contributed by atoms with van der Waals surface area (Å²) in [6.45, 7) is 7.34. The lowest BCUT2D eigenvalue weighted by atomic mass is 10.3. The van der Waals surface area contributed by atoms with Gasteiger partial charge in [0.05, 0.1) is 13.2 Å². The second kappa shape index (κ2) is 7.64. The minimum Gasteiger partial charge on any atom is -0.492 e. The molecule has 0 saturated carbocycles. The Balaban J connectivity index is 1.39. The largest absolute Gasteiger partial charge is 0.492 e. The van der Waals surface area contributed by atoms with Crippen LogP contribution in [-0.2, 0) is 4.74 Å². The third kappa shape index (κ3) is 4.59. The van der Waals surface area contributed by atoms with E-state index in [-0.39, 0.29) is 0 Å². The molecule has 2 aliphatic heterocycles. The zero-order valence-corrected chi connectivity index (χ0v) is 12.4. The normalized spacial score (nSPS) is 23.1. The van der Waals surface area contributed by atoms with Gasteiger partial charge in [0, 0.05) is 26.2 Å². The van der Waals surface area contributed by atoms with Crippen LogP contribution in [0.15, 0.2) is 24.3 Å². The zero-order chi connectivity index (χ0) is 14.3. The molecule has 0 unspecified atom stereocenters. The average molecular weight is 292 g/mol. The number of rotatable bonds is 6. The van der Waals surface area contributed by atoms with E-state index in [0.717, 1.165) is 63.9 Å². The van der Waals surface area contributed by atoms with Crippen molar-refractivity contribution in [3.8, 4) is 11.5 Å². The van der Waals surface area contributed by atoms with Crippen molar-refractivity contribution in [2.45, 2.75) is 12.5 Å². The molecule has 1 aromatic carbocycles. The summed E-state index contributed by atoms with van der Waals surface area (Å²) in [6.07, 6.45) is 1.38. The first kappa shape index (κ1) is 14.6. The van der Waals surface area contributed by atoms with Crippen molar-refractivity contribution in [1.29, 1.82) is 0 Å². The standard InChI is InChI=1S/C16H24N2O3/c1-3-15(21-16-5-6-17-13-16)4-2-14(1)20-12-9-18-7-10-19-11-8-18/h1-4,16-17H,5-13H2/t16-/m0/s1. The fourth-order valence-electron chi connectivity index (χ4n) is 2.65. The van der Waals surface area contributed by atoms with Crippen molar-refractivity contribution in [2.75, 3.05) is 52.5 Å². The van der Waals surface area contributed by atoms with E-state index in [1.165, 1.54) is 0 Å². The smallest absolute Gasteiger partial charge is 0.120 e. The quantitative estimate of drug-likeness (QED) is 0.851. The minimum atomic E-state index is 0.304. The number of morpholine rings is 1. The second-order valence-electron chi connectivity index (χ2n) is 5.51. The summed E-state index contributed by atoms with van der Waals surface area (Å²) in [6, 6.07) is 7.94. The van der Waals surface area contributed by atoms with Crippen molar-refractivity contribution in [1.82, 2.24) is 10.2 Å². The van der Waals surface area contributed by atoms with E-state index >= 15 is 0 Å². The number of hydrogen-bond donors (Lipinski definition) is 1. The number of ether oxygens (including phenoxy) is 3. The Kier molecular flexibility index (Phi) is 5.32. The van der Waals surface area contributed by atoms with Crippen LogP contribution >= 0.6 is 0 Å². The highest BCUT2D eigenvalue weighted by Gasteiger charge is 2.15. The van der Waals surface area contributed by atoms with Crippen LogP contribution in [0.1, 0.15) is 6.42 Å². The maximum atomic E-state index is 5.89. The molecule has 2 saturated heterocycles. The molecule has 116 valence electrons. The number of benzene rings is 1. The van der Waals surface area contributed by atoms with Crippen LogP contribution in [0.5, 0.6) is 11.5 Å². The predicted octanol–water partition coefficient (Wildman–Crippen LogP) is 1.14. The van der Waals surface area contributed by atoms with Crippen LogP contribution in [0.4, 0.5) is 0 Å². The SMILES string of the molecule is c1cc(O[C@H]2CCNC2)ccc1OCCN1CCOCC1. The molecule has 1 aromatic rings. The van der Waals surface area contributed by atoms with Gasteiger partial charge in [0.15, 0.2) is 0 Å². The van der Waals surface area contributed by atoms with E-state index in [9.17, 15) is 0 Å². The van der Waals surface area contributed by atoms with Crippen LogP contribution in [0.2, 0.25) is 0 Å². The van der Waals surface area contributed by atoms with E-state index in [4.69, 9.17) is 14.2 Å². The predicted molar refractivity (Wildman–Crippen MR) is 81.1 cm³/mol. The van der Waals surface area contributed by atoms with Gasteiger partial charge in [-0.1, -0.05) is 0 Å². The van der Waals surface area contributed by atoms with Crippen molar-refractivity contribution in [3.63, 3.8) is 0 Å². The van der Waals surface area contributed by atoms with Gasteiger partial charge in [0.25, 0.3) is 0 Å². The van der Waals surface area contributed by atoms with Crippen molar-refractivity contribution in [2.24, 2.45) is 0 Å². The molecule has 0 radical (unpaired) electrons. The molecule has 5 nitrogen and oxygen atoms in total. The van der Waals surface area contributed by atoms with Gasteiger partial charge in [0.1, 0.15) is 24.2 Å². The molecule has 21 heavy (non-hydrogen) atoms. The first-order valence-electron chi connectivity index (χ1n) is 7.80. The molecular formula is C16H24N2O3. The maximum Gasteiger partial charge on any atom is 0.120 e. The Morgan fingerprint density at radius 3 is 2.62 bits per heavy atom. The molecule has 5 heteroatoms. The topological polar surface area (TPSA) is 43.0 Å². The van der Waals surface area contributed by atoms with Crippen LogP contribution in [0.25, 0.3) is 0 Å². The highest BCUT2D eigenvalue weighted by molar-refractivity contribution is 5.31. The summed E-state index contributed by atoms with van der Waals surface area (Å²) in [5.74, 6) is 1.82. The summed E-state index contributed by atoms with van der Waals surface area (Å²) in [7, 11) is 0. The van der Waals surface area contributed by atoms with E-state index in [1.807, 2.05) is 24.3 Å². The molecule has 2 heterocycles. The number of nitrogens with zero attached hydrogens (tertiary/aromatic N) is 1. The summed E-state index contributed by atoms with van der Waals surface area (Å²) >= 11 is 0. The van der Waals surface area contributed by atoms with Crippen LogP contribution in [-0.4, -0.2) is 63.5 Å². The molecule has 0 bridgehead atoms. The van der Waals surface area contributed by atoms with Crippen LogP contribution in [0.3, 0.4) is 0 Å². The molecule has 2 aliphatic rings. The highest BCUT2D eigenvalue weighted by Crippen LogP contribution is 2.20. The maximum absolute atomic E-state index is 5.89. The van der Waals surface area contributed by atoms with Crippen LogP contribution in [0, 0.1) is 0 Å². The lowest BCUT2D eigenvalue weighted by Gasteiger charge is -2.26. The molecule has 2 fully saturated rings. The first-order valence-corrected chi connectivity index (χ1v) is 7.80. The van der Waals surface area contributed by atoms with Gasteiger partial charge in [-0.15, -0.1) is 0 Å². The zero-order valence-electron chi connectivity index (χ0n) is 12.4. The molecule has 0 aromatic heterocycles. The Morgan fingerprint density at radius 1 is 1.14 bits per heavy atom. The monoisotopic (exact) mass is 292 g/mol. The van der Waals surface area contributed by atoms with Crippen molar-refractivity contribution >= 4 is 0 Å². The van der Waals surface area contributed by atoms with E-state index in [2.05, 4.69) is 10.2 Å². The first-order chi connectivity index (χ1) is 10.4. The van der Waals surface area contributed by atoms with Gasteiger partial charge in [-0.25, -0.2) is 0 Å². The Bertz CT molecular complexity index is 412. The van der Waals surface area contributed by atoms with Gasteiger partial charge >= 0.3 is 0 Å². The van der Waals surface area contributed by atoms with Gasteiger partial charge in [-0.05, 0) is 37.2 Å². The Hall–Kier alpha value is -1.30. The number of hydrogen-bond acceptors (Lipinski definition) is 5. The summed E-state index contributed by atoms with van der Waals surface area (Å²) < 4.78 is 17.0. The number of nitrogens with one attached hydrogen (secondary N) is 1. The third-order valence-corrected chi connectivity index (χ3v) is 3.92. The summed E-state index contributed by atoms with van der Waals surface area (Å²) in [5, 5.41) is 3.30. The second-order valence-corrected chi connectivity index (χ2v) is 5.51. The van der Waals surface area contributed by atoms with Gasteiger partial charge in [0.2, 0.25) is 0 Å². The van der Waals surface area contributed by atoms with E-state index < -0.39 is 0 Å². The molecule has 0 spiro atoms. The Morgan fingerprint density at radius 2 is 1.90 bits per heavy atom. The molecule has 0 aliphatic carbocycles. The third-order valence-electron chi connectivity index (χ3n) is 3.92. The summed E-state index contributed by atoms with van der Waals surface area (Å²) in [4.78, 5) is 2.37. The molecular weight excluding hydrogens is 268 g/mol. The molecule has 3 rings (SSSR count). The summed E-state index contributed by atoms with van der Waals surface area (Å²) in [5.41, 5.74) is 0. The highest BCUT2D eigenvalue weighted by atomic mass is 16.5. The van der Waals surface area contributed by atoms with Crippen molar-refractivity contribution in [3.05, 3.63) is 24.3 Å². The van der Waals surface area contributed by atoms with E-state index in [1.54, 1.807) is 0 Å². The van der Waals surface area contributed by atoms with Gasteiger partial charge in [-0.2, -0.15) is 0 Å². The lowest BCUT2D eigenvalue weighted by Crippen LogP contribution is -2.38. The fraction of sp³-hybridized carbons (Fsp3) is 0.625. The molecule has 1 N–H and O–H groups in total. The van der Waals surface area contributed by atoms with Gasteiger partial charge in [-0.3, -0.25) is 4.90 Å². The minimum absolute atomic E-state index is 0.304. The Labute approximate surface area is 126 Å². The van der Waals surface area contributed by atoms with E-state index in [0.29, 0.717) is 12.7 Å². The van der Waals surface area contributed by atoms with Crippen molar-refractivity contribution < 1.29 is 14.2 Å². The molecule has 1 atom stereocenters. The van der Waals surface area contributed by atoms with Crippen LogP contribution < -0.4 is 14.8 Å². The molecule has 0 amide bonds. The van der Waals surface area contributed by atoms with Gasteiger partial charge < -0.3 is 19.5 Å².